The average Bonchev–Trinajstić information content (AvgIpc) is 3.37. The van der Waals surface area contributed by atoms with Gasteiger partial charge in [-0.05, 0) is 44.0 Å². The third kappa shape index (κ3) is 5.03. The fraction of sp³-hybridized carbons (Fsp3) is 0.250. The molecule has 0 radical (unpaired) electrons. The number of ether oxygens (including phenoxy) is 4. The van der Waals surface area contributed by atoms with Crippen molar-refractivity contribution in [3.05, 3.63) is 65.0 Å². The lowest BCUT2D eigenvalue weighted by atomic mass is 10.0. The minimum absolute atomic E-state index is 0.113. The summed E-state index contributed by atoms with van der Waals surface area (Å²) < 4.78 is 21.8. The Balaban J connectivity index is 1.64. The van der Waals surface area contributed by atoms with Gasteiger partial charge in [0.1, 0.15) is 22.8 Å². The predicted molar refractivity (Wildman–Crippen MR) is 121 cm³/mol. The van der Waals surface area contributed by atoms with Crippen LogP contribution < -0.4 is 14.8 Å². The first-order chi connectivity index (χ1) is 15.3. The van der Waals surface area contributed by atoms with Gasteiger partial charge in [0.15, 0.2) is 11.5 Å². The van der Waals surface area contributed by atoms with Crippen LogP contribution in [0.1, 0.15) is 36.7 Å². The van der Waals surface area contributed by atoms with Crippen LogP contribution in [0.5, 0.6) is 11.5 Å². The summed E-state index contributed by atoms with van der Waals surface area (Å²) in [6, 6.07) is 14.8. The van der Waals surface area contributed by atoms with Gasteiger partial charge in [-0.2, -0.15) is 0 Å². The van der Waals surface area contributed by atoms with Crippen molar-refractivity contribution in [3.8, 4) is 22.6 Å². The van der Waals surface area contributed by atoms with Crippen molar-refractivity contribution in [2.75, 3.05) is 12.1 Å². The van der Waals surface area contributed by atoms with E-state index in [1.165, 1.54) is 11.3 Å². The molecule has 4 rings (SSSR count). The van der Waals surface area contributed by atoms with E-state index in [-0.39, 0.29) is 19.0 Å². The second kappa shape index (κ2) is 8.92. The standard InChI is InChI=1S/C24H23NO6S/c1-24(2,3)31-23(27)25-21-20(22(26)28-12-15-7-5-4-6-8-15)17(13-32-21)16-9-10-18-19(11-16)30-14-29-18/h4-11,13H,12,14H2,1-3H3,(H,25,27). The van der Waals surface area contributed by atoms with E-state index >= 15 is 0 Å². The lowest BCUT2D eigenvalue weighted by Crippen LogP contribution is -2.27. The largest absolute Gasteiger partial charge is 0.457 e. The number of amides is 1. The lowest BCUT2D eigenvalue weighted by Gasteiger charge is -2.19. The van der Waals surface area contributed by atoms with Gasteiger partial charge < -0.3 is 18.9 Å². The maximum Gasteiger partial charge on any atom is 0.412 e. The quantitative estimate of drug-likeness (QED) is 0.488. The predicted octanol–water partition coefficient (Wildman–Crippen LogP) is 5.85. The monoisotopic (exact) mass is 453 g/mol. The van der Waals surface area contributed by atoms with Crippen LogP contribution in [0, 0.1) is 0 Å². The number of esters is 1. The van der Waals surface area contributed by atoms with Crippen LogP contribution in [0.25, 0.3) is 11.1 Å². The Kier molecular flexibility index (Phi) is 6.05. The van der Waals surface area contributed by atoms with Crippen molar-refractivity contribution in [2.45, 2.75) is 33.0 Å². The molecule has 0 spiro atoms. The van der Waals surface area contributed by atoms with Gasteiger partial charge in [-0.1, -0.05) is 36.4 Å². The molecular weight excluding hydrogens is 430 g/mol. The Morgan fingerprint density at radius 3 is 2.56 bits per heavy atom. The zero-order valence-electron chi connectivity index (χ0n) is 18.0. The van der Waals surface area contributed by atoms with E-state index in [0.29, 0.717) is 22.1 Å². The summed E-state index contributed by atoms with van der Waals surface area (Å²) in [5.74, 6) is 0.692. The molecule has 0 aliphatic carbocycles. The summed E-state index contributed by atoms with van der Waals surface area (Å²) in [6.45, 7) is 5.58. The third-order valence-corrected chi connectivity index (χ3v) is 5.40. The van der Waals surface area contributed by atoms with Gasteiger partial charge >= 0.3 is 12.1 Å². The average molecular weight is 454 g/mol. The summed E-state index contributed by atoms with van der Waals surface area (Å²) >= 11 is 1.22. The molecule has 2 aromatic carbocycles. The Bertz CT molecular complexity index is 1130. The summed E-state index contributed by atoms with van der Waals surface area (Å²) in [6.07, 6.45) is -0.645. The molecule has 32 heavy (non-hydrogen) atoms. The molecule has 3 aromatic rings. The highest BCUT2D eigenvalue weighted by molar-refractivity contribution is 7.15. The summed E-state index contributed by atoms with van der Waals surface area (Å²) in [4.78, 5) is 25.5. The molecule has 0 atom stereocenters. The van der Waals surface area contributed by atoms with Gasteiger partial charge in [0.2, 0.25) is 6.79 Å². The molecule has 2 heterocycles. The van der Waals surface area contributed by atoms with Crippen LogP contribution >= 0.6 is 11.3 Å². The van der Waals surface area contributed by atoms with E-state index in [1.54, 1.807) is 38.3 Å². The first-order valence-electron chi connectivity index (χ1n) is 10.0. The molecule has 0 fully saturated rings. The van der Waals surface area contributed by atoms with Crippen molar-refractivity contribution in [2.24, 2.45) is 0 Å². The van der Waals surface area contributed by atoms with E-state index in [2.05, 4.69) is 5.32 Å². The van der Waals surface area contributed by atoms with Gasteiger partial charge in [0.05, 0.1) is 0 Å². The number of anilines is 1. The Morgan fingerprint density at radius 1 is 1.06 bits per heavy atom. The van der Waals surface area contributed by atoms with Gasteiger partial charge in [-0.15, -0.1) is 11.3 Å². The first-order valence-corrected chi connectivity index (χ1v) is 10.9. The number of carbonyl (C=O) groups excluding carboxylic acids is 2. The van der Waals surface area contributed by atoms with Crippen LogP contribution in [-0.4, -0.2) is 24.5 Å². The molecular formula is C24H23NO6S. The lowest BCUT2D eigenvalue weighted by molar-refractivity contribution is 0.0475. The van der Waals surface area contributed by atoms with Gasteiger partial charge in [0.25, 0.3) is 0 Å². The Morgan fingerprint density at radius 2 is 1.81 bits per heavy atom. The van der Waals surface area contributed by atoms with Crippen molar-refractivity contribution in [1.82, 2.24) is 0 Å². The number of hydrogen-bond acceptors (Lipinski definition) is 7. The van der Waals surface area contributed by atoms with Crippen molar-refractivity contribution in [1.29, 1.82) is 0 Å². The number of nitrogens with one attached hydrogen (secondary N) is 1. The molecule has 1 amide bonds. The minimum atomic E-state index is -0.671. The first kappa shape index (κ1) is 21.7. The molecule has 1 aliphatic heterocycles. The second-order valence-electron chi connectivity index (χ2n) is 8.11. The summed E-state index contributed by atoms with van der Waals surface area (Å²) in [5.41, 5.74) is 1.82. The molecule has 0 saturated heterocycles. The van der Waals surface area contributed by atoms with E-state index in [9.17, 15) is 9.59 Å². The number of carbonyl (C=O) groups is 2. The maximum atomic E-state index is 13.1. The van der Waals surface area contributed by atoms with Crippen LogP contribution in [0.2, 0.25) is 0 Å². The molecule has 1 N–H and O–H groups in total. The fourth-order valence-corrected chi connectivity index (χ4v) is 4.06. The van der Waals surface area contributed by atoms with Crippen LogP contribution in [0.15, 0.2) is 53.9 Å². The normalized spacial score (nSPS) is 12.3. The van der Waals surface area contributed by atoms with Gasteiger partial charge in [0, 0.05) is 10.9 Å². The maximum absolute atomic E-state index is 13.1. The zero-order chi connectivity index (χ0) is 22.7. The smallest absolute Gasteiger partial charge is 0.412 e. The van der Waals surface area contributed by atoms with Crippen LogP contribution in [0.4, 0.5) is 9.80 Å². The molecule has 0 saturated carbocycles. The van der Waals surface area contributed by atoms with Crippen LogP contribution in [-0.2, 0) is 16.1 Å². The van der Waals surface area contributed by atoms with Gasteiger partial charge in [-0.3, -0.25) is 5.32 Å². The topological polar surface area (TPSA) is 83.1 Å². The Hall–Kier alpha value is -3.52. The summed E-state index contributed by atoms with van der Waals surface area (Å²) in [5, 5.41) is 4.84. The van der Waals surface area contributed by atoms with E-state index in [0.717, 1.165) is 11.1 Å². The SMILES string of the molecule is CC(C)(C)OC(=O)Nc1scc(-c2ccc3c(c2)OCO3)c1C(=O)OCc1ccccc1. The minimum Gasteiger partial charge on any atom is -0.457 e. The number of hydrogen-bond donors (Lipinski definition) is 1. The molecule has 7 nitrogen and oxygen atoms in total. The number of rotatable bonds is 5. The van der Waals surface area contributed by atoms with Gasteiger partial charge in [-0.25, -0.2) is 9.59 Å². The van der Waals surface area contributed by atoms with Crippen molar-refractivity contribution < 1.29 is 28.5 Å². The van der Waals surface area contributed by atoms with E-state index in [1.807, 2.05) is 36.4 Å². The highest BCUT2D eigenvalue weighted by Crippen LogP contribution is 2.41. The number of benzene rings is 2. The highest BCUT2D eigenvalue weighted by atomic mass is 32.1. The Labute approximate surface area is 189 Å². The highest BCUT2D eigenvalue weighted by Gasteiger charge is 2.26. The molecule has 0 bridgehead atoms. The third-order valence-electron chi connectivity index (χ3n) is 4.51. The zero-order valence-corrected chi connectivity index (χ0v) is 18.8. The number of fused-ring (bicyclic) bond motifs is 1. The molecule has 1 aromatic heterocycles. The summed E-state index contributed by atoms with van der Waals surface area (Å²) in [7, 11) is 0. The fourth-order valence-electron chi connectivity index (χ4n) is 3.12. The molecule has 0 unspecified atom stereocenters. The van der Waals surface area contributed by atoms with Crippen molar-refractivity contribution in [3.63, 3.8) is 0 Å². The van der Waals surface area contributed by atoms with Crippen LogP contribution in [0.3, 0.4) is 0 Å². The molecule has 8 heteroatoms. The number of thiophene rings is 1. The molecule has 1 aliphatic rings. The van der Waals surface area contributed by atoms with E-state index < -0.39 is 17.7 Å². The second-order valence-corrected chi connectivity index (χ2v) is 8.99. The molecule has 166 valence electrons. The van der Waals surface area contributed by atoms with E-state index in [4.69, 9.17) is 18.9 Å². The van der Waals surface area contributed by atoms with Crippen molar-refractivity contribution >= 4 is 28.4 Å².